The highest BCUT2D eigenvalue weighted by molar-refractivity contribution is 5.47. The van der Waals surface area contributed by atoms with Crippen molar-refractivity contribution in [2.75, 3.05) is 13.2 Å². The zero-order chi connectivity index (χ0) is 11.7. The lowest BCUT2D eigenvalue weighted by molar-refractivity contribution is -0.388. The smallest absolute Gasteiger partial charge is 0.346 e. The normalized spacial score (nSPS) is 18.2. The van der Waals surface area contributed by atoms with Gasteiger partial charge in [0.1, 0.15) is 18.5 Å². The van der Waals surface area contributed by atoms with E-state index in [2.05, 4.69) is 0 Å². The van der Waals surface area contributed by atoms with E-state index in [1.54, 1.807) is 0 Å². The largest absolute Gasteiger partial charge is 0.484 e. The average molecular weight is 231 g/mol. The summed E-state index contributed by atoms with van der Waals surface area (Å²) in [5.74, 6) is -2.59. The molecule has 0 amide bonds. The highest BCUT2D eigenvalue weighted by Crippen LogP contribution is 2.31. The van der Waals surface area contributed by atoms with Crippen LogP contribution in [-0.2, 0) is 4.74 Å². The van der Waals surface area contributed by atoms with Gasteiger partial charge in [0.15, 0.2) is 0 Å². The molecule has 1 atom stereocenters. The average Bonchev–Trinajstić information content (AvgIpc) is 2.95. The van der Waals surface area contributed by atoms with Crippen molar-refractivity contribution in [2.24, 2.45) is 0 Å². The first kappa shape index (κ1) is 10.7. The molecule has 1 aliphatic rings. The van der Waals surface area contributed by atoms with Gasteiger partial charge in [-0.15, -0.1) is 0 Å². The van der Waals surface area contributed by atoms with E-state index in [4.69, 9.17) is 9.47 Å². The topological polar surface area (TPSA) is 64.9 Å². The molecule has 7 heteroatoms. The third-order valence-electron chi connectivity index (χ3n) is 2.00. The fourth-order valence-corrected chi connectivity index (χ4v) is 1.18. The van der Waals surface area contributed by atoms with Crippen molar-refractivity contribution in [1.29, 1.82) is 0 Å². The van der Waals surface area contributed by atoms with Gasteiger partial charge in [-0.2, -0.15) is 4.39 Å². The van der Waals surface area contributed by atoms with Crippen LogP contribution < -0.4 is 4.74 Å². The van der Waals surface area contributed by atoms with Crippen molar-refractivity contribution in [3.05, 3.63) is 33.9 Å². The molecule has 1 aliphatic heterocycles. The number of nitro groups is 1. The highest BCUT2D eigenvalue weighted by Gasteiger charge is 2.27. The van der Waals surface area contributed by atoms with Crippen molar-refractivity contribution in [3.8, 4) is 5.75 Å². The van der Waals surface area contributed by atoms with Crippen LogP contribution in [0.15, 0.2) is 12.1 Å². The van der Waals surface area contributed by atoms with Crippen molar-refractivity contribution in [1.82, 2.24) is 0 Å². The summed E-state index contributed by atoms with van der Waals surface area (Å²) in [5, 5.41) is 10.5. The van der Waals surface area contributed by atoms with Crippen molar-refractivity contribution < 1.29 is 23.2 Å². The summed E-state index contributed by atoms with van der Waals surface area (Å²) in [5.41, 5.74) is -0.859. The van der Waals surface area contributed by atoms with Crippen molar-refractivity contribution in [2.45, 2.75) is 6.10 Å². The van der Waals surface area contributed by atoms with Gasteiger partial charge in [-0.3, -0.25) is 10.1 Å². The minimum absolute atomic E-state index is 0.0454. The lowest BCUT2D eigenvalue weighted by Gasteiger charge is -2.05. The first-order chi connectivity index (χ1) is 7.58. The molecule has 2 rings (SSSR count). The maximum Gasteiger partial charge on any atom is 0.346 e. The molecule has 0 aliphatic carbocycles. The van der Waals surface area contributed by atoms with Gasteiger partial charge in [-0.1, -0.05) is 0 Å². The van der Waals surface area contributed by atoms with Crippen LogP contribution in [0.2, 0.25) is 0 Å². The Balaban J connectivity index is 2.27. The number of epoxide rings is 1. The first-order valence-electron chi connectivity index (χ1n) is 4.46. The zero-order valence-electron chi connectivity index (χ0n) is 7.98. The van der Waals surface area contributed by atoms with Crippen LogP contribution in [0.4, 0.5) is 14.5 Å². The summed E-state index contributed by atoms with van der Waals surface area (Å²) in [6.07, 6.45) is -0.147. The standard InChI is InChI=1S/C9H7F2NO4/c10-5-1-7(11)9(12(13)14)8(2-5)16-4-6-3-15-6/h1-2,6H,3-4H2. The van der Waals surface area contributed by atoms with Gasteiger partial charge in [-0.05, 0) is 0 Å². The van der Waals surface area contributed by atoms with Crippen LogP contribution in [0, 0.1) is 21.7 Å². The molecule has 0 saturated carbocycles. The van der Waals surface area contributed by atoms with Crippen molar-refractivity contribution in [3.63, 3.8) is 0 Å². The molecule has 0 radical (unpaired) electrons. The molecular weight excluding hydrogens is 224 g/mol. The fraction of sp³-hybridized carbons (Fsp3) is 0.333. The second kappa shape index (κ2) is 4.01. The van der Waals surface area contributed by atoms with E-state index in [1.807, 2.05) is 0 Å². The molecule has 0 aromatic heterocycles. The molecule has 1 aromatic rings. The Kier molecular flexibility index (Phi) is 2.69. The van der Waals surface area contributed by atoms with Gasteiger partial charge in [0.05, 0.1) is 11.5 Å². The summed E-state index contributed by atoms with van der Waals surface area (Å²) in [4.78, 5) is 9.60. The Morgan fingerprint density at radius 2 is 2.25 bits per heavy atom. The van der Waals surface area contributed by atoms with E-state index in [0.29, 0.717) is 12.7 Å². The number of nitrogens with zero attached hydrogens (tertiary/aromatic N) is 1. The summed E-state index contributed by atoms with van der Waals surface area (Å²) in [6, 6.07) is 1.22. The summed E-state index contributed by atoms with van der Waals surface area (Å²) in [7, 11) is 0. The van der Waals surface area contributed by atoms with E-state index in [1.165, 1.54) is 0 Å². The lowest BCUT2D eigenvalue weighted by atomic mass is 10.2. The highest BCUT2D eigenvalue weighted by atomic mass is 19.1. The number of hydrogen-bond acceptors (Lipinski definition) is 4. The monoisotopic (exact) mass is 231 g/mol. The van der Waals surface area contributed by atoms with Gasteiger partial charge < -0.3 is 9.47 Å². The number of benzene rings is 1. The van der Waals surface area contributed by atoms with Gasteiger partial charge in [0, 0.05) is 12.1 Å². The van der Waals surface area contributed by atoms with E-state index < -0.39 is 28.0 Å². The van der Waals surface area contributed by atoms with Gasteiger partial charge in [0.2, 0.25) is 11.6 Å². The molecule has 0 bridgehead atoms. The molecule has 1 fully saturated rings. The Hall–Kier alpha value is -1.76. The van der Waals surface area contributed by atoms with E-state index >= 15 is 0 Å². The molecular formula is C9H7F2NO4. The maximum absolute atomic E-state index is 13.1. The minimum atomic E-state index is -1.25. The second-order valence-electron chi connectivity index (χ2n) is 3.26. The summed E-state index contributed by atoms with van der Waals surface area (Å²) >= 11 is 0. The van der Waals surface area contributed by atoms with Crippen molar-refractivity contribution >= 4 is 5.69 Å². The van der Waals surface area contributed by atoms with Gasteiger partial charge in [0.25, 0.3) is 0 Å². The zero-order valence-corrected chi connectivity index (χ0v) is 7.98. The summed E-state index contributed by atoms with van der Waals surface area (Å²) in [6.45, 7) is 0.537. The lowest BCUT2D eigenvalue weighted by Crippen LogP contribution is -2.07. The SMILES string of the molecule is O=[N+]([O-])c1c(F)cc(F)cc1OCC1CO1. The fourth-order valence-electron chi connectivity index (χ4n) is 1.18. The van der Waals surface area contributed by atoms with Crippen LogP contribution in [0.5, 0.6) is 5.75 Å². The third-order valence-corrected chi connectivity index (χ3v) is 2.00. The molecule has 16 heavy (non-hydrogen) atoms. The van der Waals surface area contributed by atoms with E-state index in [-0.39, 0.29) is 12.7 Å². The number of nitro benzene ring substituents is 1. The van der Waals surface area contributed by atoms with Crippen LogP contribution in [0.3, 0.4) is 0 Å². The molecule has 0 spiro atoms. The van der Waals surface area contributed by atoms with E-state index in [9.17, 15) is 18.9 Å². The molecule has 1 heterocycles. The maximum atomic E-state index is 13.1. The Morgan fingerprint density at radius 3 is 2.81 bits per heavy atom. The Labute approximate surface area is 88.7 Å². The Morgan fingerprint density at radius 1 is 1.56 bits per heavy atom. The van der Waals surface area contributed by atoms with E-state index in [0.717, 1.165) is 6.07 Å². The van der Waals surface area contributed by atoms with Crippen LogP contribution in [-0.4, -0.2) is 24.2 Å². The minimum Gasteiger partial charge on any atom is -0.484 e. The van der Waals surface area contributed by atoms with Gasteiger partial charge in [-0.25, -0.2) is 4.39 Å². The molecule has 86 valence electrons. The quantitative estimate of drug-likeness (QED) is 0.449. The number of halogens is 2. The Bertz CT molecular complexity index is 434. The molecule has 5 nitrogen and oxygen atoms in total. The predicted molar refractivity (Wildman–Crippen MR) is 48.2 cm³/mol. The predicted octanol–water partition coefficient (Wildman–Crippen LogP) is 1.65. The molecule has 1 aromatic carbocycles. The summed E-state index contributed by atoms with van der Waals surface area (Å²) < 4.78 is 35.7. The van der Waals surface area contributed by atoms with Gasteiger partial charge >= 0.3 is 5.69 Å². The number of rotatable bonds is 4. The van der Waals surface area contributed by atoms with Crippen LogP contribution >= 0.6 is 0 Å². The second-order valence-corrected chi connectivity index (χ2v) is 3.26. The third kappa shape index (κ3) is 2.25. The first-order valence-corrected chi connectivity index (χ1v) is 4.46. The molecule has 0 N–H and O–H groups in total. The number of ether oxygens (including phenoxy) is 2. The van der Waals surface area contributed by atoms with Crippen LogP contribution in [0.25, 0.3) is 0 Å². The van der Waals surface area contributed by atoms with Crippen LogP contribution in [0.1, 0.15) is 0 Å². The molecule has 1 unspecified atom stereocenters. The number of hydrogen-bond donors (Lipinski definition) is 0. The molecule has 1 saturated heterocycles.